The molecule has 1 spiro atoms. The standard InChI is InChI=1S/C30H31N7/c31-27-24(7-4-16-32-27)28-35-26-13-12-25(22-5-2-1-3-6-22)34-29(26)37(28)23-10-8-21(9-11-23)19-36-18-17-33-30(20-36)14-15-30/h1-12,16,26,33H,13-15,17-20H2,(H2,31,32). The van der Waals surface area contributed by atoms with E-state index in [4.69, 9.17) is 15.7 Å². The van der Waals surface area contributed by atoms with E-state index >= 15 is 0 Å². The van der Waals surface area contributed by atoms with Crippen LogP contribution in [0.5, 0.6) is 0 Å². The number of pyridine rings is 1. The molecule has 0 amide bonds. The lowest BCUT2D eigenvalue weighted by molar-refractivity contribution is 0.182. The van der Waals surface area contributed by atoms with E-state index in [9.17, 15) is 0 Å². The molecule has 1 aromatic heterocycles. The maximum atomic E-state index is 6.32. The van der Waals surface area contributed by atoms with E-state index in [1.165, 1.54) is 18.4 Å². The van der Waals surface area contributed by atoms with Gasteiger partial charge in [0.15, 0.2) is 0 Å². The van der Waals surface area contributed by atoms with E-state index in [1.54, 1.807) is 6.20 Å². The molecule has 4 heterocycles. The summed E-state index contributed by atoms with van der Waals surface area (Å²) in [5, 5.41) is 3.70. The molecule has 7 nitrogen and oxygen atoms in total. The number of nitrogens with two attached hydrogens (primary N) is 1. The number of nitrogens with zero attached hydrogens (tertiary/aromatic N) is 5. The Bertz CT molecular complexity index is 1400. The molecule has 0 bridgehead atoms. The molecular weight excluding hydrogens is 458 g/mol. The molecule has 7 heteroatoms. The Morgan fingerprint density at radius 3 is 2.62 bits per heavy atom. The molecule has 37 heavy (non-hydrogen) atoms. The molecule has 0 radical (unpaired) electrons. The van der Waals surface area contributed by atoms with Crippen LogP contribution in [0, 0.1) is 0 Å². The summed E-state index contributed by atoms with van der Waals surface area (Å²) in [5.41, 5.74) is 12.0. The quantitative estimate of drug-likeness (QED) is 0.564. The first-order valence-corrected chi connectivity index (χ1v) is 13.2. The summed E-state index contributed by atoms with van der Waals surface area (Å²) in [6, 6.07) is 23.1. The van der Waals surface area contributed by atoms with Crippen molar-refractivity contribution >= 4 is 28.9 Å². The number of aromatic nitrogens is 1. The summed E-state index contributed by atoms with van der Waals surface area (Å²) in [7, 11) is 0. The van der Waals surface area contributed by atoms with Gasteiger partial charge in [0.2, 0.25) is 0 Å². The van der Waals surface area contributed by atoms with E-state index in [-0.39, 0.29) is 6.04 Å². The van der Waals surface area contributed by atoms with Crippen molar-refractivity contribution in [2.45, 2.75) is 37.4 Å². The largest absolute Gasteiger partial charge is 0.383 e. The van der Waals surface area contributed by atoms with Crippen LogP contribution < -0.4 is 16.0 Å². The number of piperazine rings is 1. The Hall–Kier alpha value is -3.81. The number of fused-ring (bicyclic) bond motifs is 1. The van der Waals surface area contributed by atoms with Gasteiger partial charge in [-0.2, -0.15) is 0 Å². The second kappa shape index (κ2) is 8.94. The second-order valence-electron chi connectivity index (χ2n) is 10.5. The molecule has 7 rings (SSSR count). The average Bonchev–Trinajstić information content (AvgIpc) is 3.56. The lowest BCUT2D eigenvalue weighted by Crippen LogP contribution is -2.51. The molecule has 186 valence electrons. The van der Waals surface area contributed by atoms with Gasteiger partial charge in [-0.25, -0.2) is 9.98 Å². The number of rotatable bonds is 5. The lowest BCUT2D eigenvalue weighted by Gasteiger charge is -2.34. The van der Waals surface area contributed by atoms with Crippen LogP contribution >= 0.6 is 0 Å². The highest BCUT2D eigenvalue weighted by molar-refractivity contribution is 6.31. The highest BCUT2D eigenvalue weighted by Gasteiger charge is 2.45. The minimum absolute atomic E-state index is 0.0441. The van der Waals surface area contributed by atoms with E-state index in [1.807, 2.05) is 18.2 Å². The van der Waals surface area contributed by atoms with Gasteiger partial charge >= 0.3 is 0 Å². The third-order valence-corrected chi connectivity index (χ3v) is 7.84. The van der Waals surface area contributed by atoms with Crippen molar-refractivity contribution in [2.75, 3.05) is 30.3 Å². The second-order valence-corrected chi connectivity index (χ2v) is 10.5. The Morgan fingerprint density at radius 2 is 1.84 bits per heavy atom. The summed E-state index contributed by atoms with van der Waals surface area (Å²) < 4.78 is 0. The van der Waals surface area contributed by atoms with Crippen LogP contribution in [0.3, 0.4) is 0 Å². The first-order valence-electron chi connectivity index (χ1n) is 13.2. The zero-order chi connectivity index (χ0) is 24.8. The average molecular weight is 490 g/mol. The number of benzene rings is 2. The molecule has 1 saturated carbocycles. The first-order chi connectivity index (χ1) is 18.2. The van der Waals surface area contributed by atoms with E-state index in [0.29, 0.717) is 11.4 Å². The van der Waals surface area contributed by atoms with Crippen molar-refractivity contribution in [3.8, 4) is 0 Å². The van der Waals surface area contributed by atoms with Crippen LogP contribution in [-0.4, -0.2) is 52.8 Å². The van der Waals surface area contributed by atoms with Crippen LogP contribution in [0.2, 0.25) is 0 Å². The number of amidine groups is 2. The summed E-state index contributed by atoms with van der Waals surface area (Å²) in [6.07, 6.45) is 7.31. The number of hydrogen-bond donors (Lipinski definition) is 2. The van der Waals surface area contributed by atoms with Crippen LogP contribution in [0.1, 0.15) is 36.0 Å². The molecule has 4 aliphatic rings. The molecule has 1 aliphatic carbocycles. The summed E-state index contributed by atoms with van der Waals surface area (Å²) in [6.45, 7) is 4.30. The SMILES string of the molecule is Nc1ncccc1C1=NC2CC=C(c3ccccc3)N=C2N1c1ccc(CN2CCNC3(CC3)C2)cc1. The highest BCUT2D eigenvalue weighted by atomic mass is 15.3. The van der Waals surface area contributed by atoms with Gasteiger partial charge in [0.25, 0.3) is 0 Å². The van der Waals surface area contributed by atoms with Gasteiger partial charge in [-0.05, 0) is 54.7 Å². The molecule has 2 aromatic carbocycles. The number of hydrogen-bond acceptors (Lipinski definition) is 7. The van der Waals surface area contributed by atoms with Gasteiger partial charge in [-0.1, -0.05) is 48.5 Å². The fourth-order valence-corrected chi connectivity index (χ4v) is 5.71. The van der Waals surface area contributed by atoms with Crippen LogP contribution in [0.4, 0.5) is 11.5 Å². The number of anilines is 2. The normalized spacial score (nSPS) is 22.3. The fourth-order valence-electron chi connectivity index (χ4n) is 5.71. The Morgan fingerprint density at radius 1 is 1.00 bits per heavy atom. The van der Waals surface area contributed by atoms with E-state index < -0.39 is 0 Å². The lowest BCUT2D eigenvalue weighted by atomic mass is 10.0. The Balaban J connectivity index is 1.21. The predicted molar refractivity (Wildman–Crippen MR) is 150 cm³/mol. The van der Waals surface area contributed by atoms with E-state index in [0.717, 1.165) is 66.8 Å². The molecule has 3 aromatic rings. The molecule has 1 unspecified atom stereocenters. The van der Waals surface area contributed by atoms with Crippen molar-refractivity contribution in [1.29, 1.82) is 0 Å². The number of aliphatic imine (C=N–C) groups is 2. The molecule has 2 fully saturated rings. The highest BCUT2D eigenvalue weighted by Crippen LogP contribution is 2.38. The first kappa shape index (κ1) is 22.4. The van der Waals surface area contributed by atoms with Crippen molar-refractivity contribution in [1.82, 2.24) is 15.2 Å². The van der Waals surface area contributed by atoms with Crippen molar-refractivity contribution in [2.24, 2.45) is 9.98 Å². The van der Waals surface area contributed by atoms with E-state index in [2.05, 4.69) is 74.7 Å². The zero-order valence-electron chi connectivity index (χ0n) is 20.8. The molecule has 3 N–H and O–H groups in total. The fraction of sp³-hybridized carbons (Fsp3) is 0.300. The van der Waals surface area contributed by atoms with Gasteiger partial charge in [-0.3, -0.25) is 14.8 Å². The summed E-state index contributed by atoms with van der Waals surface area (Å²) >= 11 is 0. The monoisotopic (exact) mass is 489 g/mol. The molecular formula is C30H31N7. The minimum Gasteiger partial charge on any atom is -0.383 e. The Kier molecular flexibility index (Phi) is 5.41. The number of nitrogen functional groups attached to an aromatic ring is 1. The van der Waals surface area contributed by atoms with Crippen LogP contribution in [0.15, 0.2) is 89.0 Å². The van der Waals surface area contributed by atoms with Gasteiger partial charge in [0.1, 0.15) is 23.5 Å². The molecule has 1 saturated heterocycles. The van der Waals surface area contributed by atoms with Crippen LogP contribution in [-0.2, 0) is 6.54 Å². The maximum absolute atomic E-state index is 6.32. The van der Waals surface area contributed by atoms with Gasteiger partial charge < -0.3 is 11.1 Å². The smallest absolute Gasteiger partial charge is 0.145 e. The summed E-state index contributed by atoms with van der Waals surface area (Å²) in [5.74, 6) is 2.22. The van der Waals surface area contributed by atoms with Crippen molar-refractivity contribution in [3.63, 3.8) is 0 Å². The van der Waals surface area contributed by atoms with Gasteiger partial charge in [-0.15, -0.1) is 0 Å². The number of nitrogens with one attached hydrogen (secondary N) is 1. The third-order valence-electron chi connectivity index (χ3n) is 7.84. The Labute approximate surface area is 217 Å². The zero-order valence-corrected chi connectivity index (χ0v) is 20.8. The molecule has 1 atom stereocenters. The summed E-state index contributed by atoms with van der Waals surface area (Å²) in [4.78, 5) is 19.3. The van der Waals surface area contributed by atoms with Gasteiger partial charge in [0.05, 0.1) is 11.3 Å². The maximum Gasteiger partial charge on any atom is 0.145 e. The van der Waals surface area contributed by atoms with Gasteiger partial charge in [0, 0.05) is 43.6 Å². The van der Waals surface area contributed by atoms with Crippen LogP contribution in [0.25, 0.3) is 5.70 Å². The minimum atomic E-state index is -0.0441. The third kappa shape index (κ3) is 4.24. The predicted octanol–water partition coefficient (Wildman–Crippen LogP) is 4.08. The van der Waals surface area contributed by atoms with Crippen molar-refractivity contribution in [3.05, 3.63) is 95.7 Å². The van der Waals surface area contributed by atoms with Crippen molar-refractivity contribution < 1.29 is 0 Å². The topological polar surface area (TPSA) is 82.1 Å². The molecule has 3 aliphatic heterocycles.